The van der Waals surface area contributed by atoms with Gasteiger partial charge in [-0.3, -0.25) is 19.7 Å². The Morgan fingerprint density at radius 3 is 2.56 bits per heavy atom. The van der Waals surface area contributed by atoms with E-state index in [2.05, 4.69) is 5.32 Å². The number of carbonyl (C=O) groups is 2. The highest BCUT2D eigenvalue weighted by atomic mass is 35.5. The first-order valence-electron chi connectivity index (χ1n) is 7.52. The summed E-state index contributed by atoms with van der Waals surface area (Å²) in [6, 6.07) is 8.59. The van der Waals surface area contributed by atoms with Crippen molar-refractivity contribution >= 4 is 46.5 Å². The van der Waals surface area contributed by atoms with Crippen molar-refractivity contribution in [3.8, 4) is 5.75 Å². The molecule has 0 aromatic heterocycles. The fourth-order valence-corrected chi connectivity index (χ4v) is 2.57. The van der Waals surface area contributed by atoms with Gasteiger partial charge in [-0.2, -0.15) is 0 Å². The molecule has 0 saturated heterocycles. The zero-order chi connectivity index (χ0) is 20.0. The van der Waals surface area contributed by atoms with Gasteiger partial charge >= 0.3 is 5.97 Å². The third-order valence-electron chi connectivity index (χ3n) is 3.39. The average Bonchev–Trinajstić information content (AvgIpc) is 2.62. The third-order valence-corrected chi connectivity index (χ3v) is 3.98. The van der Waals surface area contributed by atoms with Crippen LogP contribution in [0.25, 0.3) is 0 Å². The molecule has 0 atom stereocenters. The minimum atomic E-state index is -0.723. The highest BCUT2D eigenvalue weighted by molar-refractivity contribution is 6.35. The number of nitrogens with zero attached hydrogens (tertiary/aromatic N) is 1. The Morgan fingerprint density at radius 1 is 1.19 bits per heavy atom. The van der Waals surface area contributed by atoms with Crippen molar-refractivity contribution in [2.45, 2.75) is 6.42 Å². The van der Waals surface area contributed by atoms with Crippen LogP contribution in [0.4, 0.5) is 11.4 Å². The first-order valence-corrected chi connectivity index (χ1v) is 8.27. The van der Waals surface area contributed by atoms with Crippen LogP contribution in [0, 0.1) is 10.1 Å². The summed E-state index contributed by atoms with van der Waals surface area (Å²) in [6.07, 6.45) is -0.147. The zero-order valence-corrected chi connectivity index (χ0v) is 15.5. The average molecular weight is 413 g/mol. The van der Waals surface area contributed by atoms with Crippen LogP contribution in [-0.4, -0.2) is 30.5 Å². The Hall–Kier alpha value is -2.84. The number of nitro groups is 1. The molecule has 2 aromatic rings. The number of ether oxygens (including phenoxy) is 2. The molecule has 0 unspecified atom stereocenters. The van der Waals surface area contributed by atoms with E-state index in [0.29, 0.717) is 15.6 Å². The molecule has 1 amide bonds. The number of methoxy groups -OCH3 is 1. The molecule has 1 N–H and O–H groups in total. The first kappa shape index (κ1) is 20.5. The number of hydrogen-bond acceptors (Lipinski definition) is 6. The minimum Gasteiger partial charge on any atom is -0.496 e. The highest BCUT2D eigenvalue weighted by Gasteiger charge is 2.18. The fourth-order valence-electron chi connectivity index (χ4n) is 2.10. The summed E-state index contributed by atoms with van der Waals surface area (Å²) in [5.41, 5.74) is 0.113. The monoisotopic (exact) mass is 412 g/mol. The van der Waals surface area contributed by atoms with E-state index in [1.165, 1.54) is 31.4 Å². The standard InChI is InChI=1S/C17H14Cl2N2O6/c1-26-12-4-5-14(15(8-12)21(24)25)20-16(22)9-27-17(23)6-10-2-3-11(18)7-13(10)19/h2-5,7-8H,6,9H2,1H3,(H,20,22). The van der Waals surface area contributed by atoms with Gasteiger partial charge in [-0.25, -0.2) is 0 Å². The summed E-state index contributed by atoms with van der Waals surface area (Å²) in [5.74, 6) is -1.14. The van der Waals surface area contributed by atoms with Crippen LogP contribution in [-0.2, 0) is 20.7 Å². The van der Waals surface area contributed by atoms with E-state index in [1.807, 2.05) is 0 Å². The van der Waals surface area contributed by atoms with Gasteiger partial charge in [0.1, 0.15) is 11.4 Å². The van der Waals surface area contributed by atoms with Gasteiger partial charge in [-0.05, 0) is 29.8 Å². The first-order chi connectivity index (χ1) is 12.8. The van der Waals surface area contributed by atoms with Crippen molar-refractivity contribution in [1.29, 1.82) is 0 Å². The Kier molecular flexibility index (Phi) is 6.98. The zero-order valence-electron chi connectivity index (χ0n) is 14.0. The number of esters is 1. The van der Waals surface area contributed by atoms with E-state index in [-0.39, 0.29) is 23.5 Å². The third kappa shape index (κ3) is 5.83. The fraction of sp³-hybridized carbons (Fsp3) is 0.176. The quantitative estimate of drug-likeness (QED) is 0.422. The molecule has 2 aromatic carbocycles. The van der Waals surface area contributed by atoms with Crippen LogP contribution in [0.15, 0.2) is 36.4 Å². The lowest BCUT2D eigenvalue weighted by molar-refractivity contribution is -0.384. The number of nitrogens with one attached hydrogen (secondary N) is 1. The molecule has 10 heteroatoms. The number of carbonyl (C=O) groups excluding carboxylic acids is 2. The Bertz CT molecular complexity index is 888. The van der Waals surface area contributed by atoms with Crippen molar-refractivity contribution in [1.82, 2.24) is 0 Å². The number of halogens is 2. The molecule has 0 spiro atoms. The number of hydrogen-bond donors (Lipinski definition) is 1. The Balaban J connectivity index is 1.94. The van der Waals surface area contributed by atoms with E-state index in [1.54, 1.807) is 12.1 Å². The number of benzene rings is 2. The predicted molar refractivity (Wildman–Crippen MR) is 99.4 cm³/mol. The van der Waals surface area contributed by atoms with Gasteiger partial charge in [0.05, 0.1) is 24.5 Å². The maximum Gasteiger partial charge on any atom is 0.310 e. The summed E-state index contributed by atoms with van der Waals surface area (Å²) in [5, 5.41) is 14.1. The van der Waals surface area contributed by atoms with Gasteiger partial charge in [-0.1, -0.05) is 29.3 Å². The summed E-state index contributed by atoms with van der Waals surface area (Å²) < 4.78 is 9.79. The maximum atomic E-state index is 11.9. The van der Waals surface area contributed by atoms with Crippen molar-refractivity contribution in [2.75, 3.05) is 19.0 Å². The van der Waals surface area contributed by atoms with Gasteiger partial charge < -0.3 is 14.8 Å². The number of anilines is 1. The number of rotatable bonds is 7. The van der Waals surface area contributed by atoms with Crippen LogP contribution < -0.4 is 10.1 Å². The van der Waals surface area contributed by atoms with Crippen molar-refractivity contribution in [2.24, 2.45) is 0 Å². The lowest BCUT2D eigenvalue weighted by atomic mass is 10.1. The summed E-state index contributed by atoms with van der Waals surface area (Å²) in [6.45, 7) is -0.604. The molecule has 0 aliphatic heterocycles. The van der Waals surface area contributed by atoms with E-state index < -0.39 is 23.4 Å². The summed E-state index contributed by atoms with van der Waals surface area (Å²) in [4.78, 5) is 34.2. The Morgan fingerprint density at radius 2 is 1.93 bits per heavy atom. The molecular formula is C17H14Cl2N2O6. The minimum absolute atomic E-state index is 0.0393. The molecule has 0 fully saturated rings. The molecular weight excluding hydrogens is 399 g/mol. The predicted octanol–water partition coefficient (Wildman–Crippen LogP) is 3.63. The van der Waals surface area contributed by atoms with Gasteiger partial charge in [0.2, 0.25) is 0 Å². The topological polar surface area (TPSA) is 108 Å². The van der Waals surface area contributed by atoms with Crippen LogP contribution in [0.2, 0.25) is 10.0 Å². The SMILES string of the molecule is COc1ccc(NC(=O)COC(=O)Cc2ccc(Cl)cc2Cl)c([N+](=O)[O-])c1. The van der Waals surface area contributed by atoms with E-state index in [9.17, 15) is 19.7 Å². The van der Waals surface area contributed by atoms with E-state index >= 15 is 0 Å². The Labute approximate surface area is 164 Å². The smallest absolute Gasteiger partial charge is 0.310 e. The second-order valence-electron chi connectivity index (χ2n) is 5.26. The van der Waals surface area contributed by atoms with Crippen LogP contribution >= 0.6 is 23.2 Å². The molecule has 0 aliphatic carbocycles. The van der Waals surface area contributed by atoms with Crippen LogP contribution in [0.5, 0.6) is 5.75 Å². The number of nitro benzene ring substituents is 1. The molecule has 27 heavy (non-hydrogen) atoms. The van der Waals surface area contributed by atoms with Crippen LogP contribution in [0.1, 0.15) is 5.56 Å². The molecule has 0 saturated carbocycles. The second-order valence-corrected chi connectivity index (χ2v) is 6.11. The van der Waals surface area contributed by atoms with Gasteiger partial charge in [0.25, 0.3) is 11.6 Å². The second kappa shape index (κ2) is 9.20. The van der Waals surface area contributed by atoms with Gasteiger partial charge in [0, 0.05) is 10.0 Å². The lowest BCUT2D eigenvalue weighted by Gasteiger charge is -2.09. The molecule has 8 nitrogen and oxygen atoms in total. The number of amides is 1. The summed E-state index contributed by atoms with van der Waals surface area (Å²) >= 11 is 11.7. The van der Waals surface area contributed by atoms with E-state index in [0.717, 1.165) is 0 Å². The largest absolute Gasteiger partial charge is 0.496 e. The van der Waals surface area contributed by atoms with Crippen molar-refractivity contribution < 1.29 is 24.0 Å². The molecule has 0 radical (unpaired) electrons. The maximum absolute atomic E-state index is 11.9. The van der Waals surface area contributed by atoms with E-state index in [4.69, 9.17) is 32.7 Å². The van der Waals surface area contributed by atoms with Crippen molar-refractivity contribution in [3.05, 3.63) is 62.1 Å². The molecule has 2 rings (SSSR count). The van der Waals surface area contributed by atoms with Crippen molar-refractivity contribution in [3.63, 3.8) is 0 Å². The molecule has 0 aliphatic rings. The normalized spacial score (nSPS) is 10.2. The van der Waals surface area contributed by atoms with Crippen LogP contribution in [0.3, 0.4) is 0 Å². The molecule has 0 heterocycles. The van der Waals surface area contributed by atoms with Gasteiger partial charge in [0.15, 0.2) is 6.61 Å². The highest BCUT2D eigenvalue weighted by Crippen LogP contribution is 2.28. The summed E-state index contributed by atoms with van der Waals surface area (Å²) in [7, 11) is 1.36. The van der Waals surface area contributed by atoms with Gasteiger partial charge in [-0.15, -0.1) is 0 Å². The lowest BCUT2D eigenvalue weighted by Crippen LogP contribution is -2.22. The molecule has 142 valence electrons. The molecule has 0 bridgehead atoms.